The van der Waals surface area contributed by atoms with E-state index in [4.69, 9.17) is 21.1 Å². The number of methoxy groups -OCH3 is 2. The van der Waals surface area contributed by atoms with Crippen molar-refractivity contribution in [2.75, 3.05) is 21.3 Å². The molecular formula is C17H18ClNO4. The van der Waals surface area contributed by atoms with Crippen molar-refractivity contribution in [2.45, 2.75) is 6.54 Å². The van der Waals surface area contributed by atoms with Crippen LogP contribution in [0.25, 0.3) is 0 Å². The van der Waals surface area contributed by atoms with Crippen LogP contribution in [0.2, 0.25) is 5.02 Å². The third kappa shape index (κ3) is 3.87. The van der Waals surface area contributed by atoms with Gasteiger partial charge in [-0.2, -0.15) is 0 Å². The van der Waals surface area contributed by atoms with E-state index in [0.29, 0.717) is 23.6 Å². The Morgan fingerprint density at radius 3 is 2.52 bits per heavy atom. The lowest BCUT2D eigenvalue weighted by Gasteiger charge is -2.19. The van der Waals surface area contributed by atoms with Gasteiger partial charge in [-0.1, -0.05) is 11.6 Å². The molecule has 0 heterocycles. The van der Waals surface area contributed by atoms with Crippen molar-refractivity contribution in [3.05, 3.63) is 52.5 Å². The number of halogens is 1. The van der Waals surface area contributed by atoms with Gasteiger partial charge in [-0.25, -0.2) is 0 Å². The summed E-state index contributed by atoms with van der Waals surface area (Å²) in [6, 6.07) is 9.81. The molecule has 6 heteroatoms. The zero-order valence-electron chi connectivity index (χ0n) is 13.2. The third-order valence-corrected chi connectivity index (χ3v) is 3.75. The van der Waals surface area contributed by atoms with Crippen molar-refractivity contribution in [3.8, 4) is 17.2 Å². The average Bonchev–Trinajstić information content (AvgIpc) is 2.56. The van der Waals surface area contributed by atoms with Crippen molar-refractivity contribution < 1.29 is 19.4 Å². The van der Waals surface area contributed by atoms with Crippen LogP contribution in [0.3, 0.4) is 0 Å². The Balaban J connectivity index is 2.19. The third-order valence-electron chi connectivity index (χ3n) is 3.44. The van der Waals surface area contributed by atoms with Crippen molar-refractivity contribution in [2.24, 2.45) is 0 Å². The molecule has 0 atom stereocenters. The first-order valence-electron chi connectivity index (χ1n) is 6.91. The van der Waals surface area contributed by atoms with E-state index in [9.17, 15) is 9.90 Å². The van der Waals surface area contributed by atoms with Gasteiger partial charge in [-0.15, -0.1) is 0 Å². The maximum atomic E-state index is 12.5. The van der Waals surface area contributed by atoms with Crippen LogP contribution >= 0.6 is 11.6 Å². The molecule has 0 saturated carbocycles. The normalized spacial score (nSPS) is 10.3. The molecule has 0 bridgehead atoms. The predicted octanol–water partition coefficient (Wildman–Crippen LogP) is 3.34. The van der Waals surface area contributed by atoms with E-state index in [2.05, 4.69) is 0 Å². The Morgan fingerprint density at radius 1 is 1.17 bits per heavy atom. The molecule has 23 heavy (non-hydrogen) atoms. The summed E-state index contributed by atoms with van der Waals surface area (Å²) in [5, 5.41) is 9.58. The average molecular weight is 336 g/mol. The molecule has 2 aromatic carbocycles. The Labute approximate surface area is 140 Å². The highest BCUT2D eigenvalue weighted by molar-refractivity contribution is 6.32. The highest BCUT2D eigenvalue weighted by Crippen LogP contribution is 2.27. The number of ether oxygens (including phenoxy) is 2. The number of amides is 1. The molecule has 0 radical (unpaired) electrons. The smallest absolute Gasteiger partial charge is 0.253 e. The van der Waals surface area contributed by atoms with E-state index < -0.39 is 0 Å². The molecule has 0 saturated heterocycles. The van der Waals surface area contributed by atoms with Crippen LogP contribution in [0.1, 0.15) is 15.9 Å². The summed E-state index contributed by atoms with van der Waals surface area (Å²) in [7, 11) is 4.84. The summed E-state index contributed by atoms with van der Waals surface area (Å²) in [6.45, 7) is 0.366. The summed E-state index contributed by atoms with van der Waals surface area (Å²) < 4.78 is 10.5. The van der Waals surface area contributed by atoms with Gasteiger partial charge < -0.3 is 19.5 Å². The van der Waals surface area contributed by atoms with Gasteiger partial charge >= 0.3 is 0 Å². The molecule has 0 aliphatic rings. The lowest BCUT2D eigenvalue weighted by molar-refractivity contribution is 0.0784. The van der Waals surface area contributed by atoms with E-state index in [0.717, 1.165) is 5.56 Å². The number of aromatic hydroxyl groups is 1. The van der Waals surface area contributed by atoms with Crippen LogP contribution < -0.4 is 9.47 Å². The van der Waals surface area contributed by atoms with Gasteiger partial charge in [0.1, 0.15) is 17.2 Å². The van der Waals surface area contributed by atoms with Crippen LogP contribution in [0.15, 0.2) is 36.4 Å². The molecule has 0 unspecified atom stereocenters. The maximum absolute atomic E-state index is 12.5. The molecule has 0 aromatic heterocycles. The fourth-order valence-corrected chi connectivity index (χ4v) is 2.35. The fraction of sp³-hybridized carbons (Fsp3) is 0.235. The zero-order valence-corrected chi connectivity index (χ0v) is 13.9. The number of hydrogen-bond acceptors (Lipinski definition) is 4. The Kier molecular flexibility index (Phi) is 5.34. The lowest BCUT2D eigenvalue weighted by atomic mass is 10.1. The van der Waals surface area contributed by atoms with Crippen LogP contribution in [-0.4, -0.2) is 37.2 Å². The number of hydrogen-bond donors (Lipinski definition) is 1. The first kappa shape index (κ1) is 17.0. The van der Waals surface area contributed by atoms with Gasteiger partial charge in [0.2, 0.25) is 0 Å². The molecule has 1 amide bonds. The zero-order chi connectivity index (χ0) is 17.0. The molecule has 2 aromatic rings. The number of benzene rings is 2. The fourth-order valence-electron chi connectivity index (χ4n) is 2.17. The van der Waals surface area contributed by atoms with Gasteiger partial charge in [0.05, 0.1) is 19.2 Å². The number of rotatable bonds is 5. The SMILES string of the molecule is COc1ccc(CN(C)C(=O)c2ccc(O)c(Cl)c2)c(OC)c1. The topological polar surface area (TPSA) is 59.0 Å². The summed E-state index contributed by atoms with van der Waals surface area (Å²) >= 11 is 5.85. The van der Waals surface area contributed by atoms with Gasteiger partial charge in [0, 0.05) is 30.8 Å². The predicted molar refractivity (Wildman–Crippen MR) is 88.5 cm³/mol. The molecule has 5 nitrogen and oxygen atoms in total. The van der Waals surface area contributed by atoms with E-state index >= 15 is 0 Å². The molecule has 0 aliphatic heterocycles. The maximum Gasteiger partial charge on any atom is 0.253 e. The molecule has 1 N–H and O–H groups in total. The number of carbonyl (C=O) groups is 1. The second kappa shape index (κ2) is 7.24. The summed E-state index contributed by atoms with van der Waals surface area (Å²) in [6.07, 6.45) is 0. The minimum absolute atomic E-state index is 0.0531. The van der Waals surface area contributed by atoms with Crippen LogP contribution in [0, 0.1) is 0 Å². The Morgan fingerprint density at radius 2 is 1.91 bits per heavy atom. The van der Waals surface area contributed by atoms with Gasteiger partial charge in [-0.05, 0) is 30.3 Å². The van der Waals surface area contributed by atoms with Crippen molar-refractivity contribution in [3.63, 3.8) is 0 Å². The highest BCUT2D eigenvalue weighted by atomic mass is 35.5. The van der Waals surface area contributed by atoms with Gasteiger partial charge in [0.25, 0.3) is 5.91 Å². The molecule has 0 fully saturated rings. The Bertz CT molecular complexity index is 718. The lowest BCUT2D eigenvalue weighted by Crippen LogP contribution is -2.26. The molecular weight excluding hydrogens is 318 g/mol. The molecule has 2 rings (SSSR count). The quantitative estimate of drug-likeness (QED) is 0.910. The monoisotopic (exact) mass is 335 g/mol. The number of phenols is 1. The second-order valence-electron chi connectivity index (χ2n) is 5.01. The Hall–Kier alpha value is -2.40. The standard InChI is InChI=1S/C17H18ClNO4/c1-19(17(21)11-5-7-15(20)14(18)8-11)10-12-4-6-13(22-2)9-16(12)23-3/h4-9,20H,10H2,1-3H3. The summed E-state index contributed by atoms with van der Waals surface area (Å²) in [5.74, 6) is 1.07. The van der Waals surface area contributed by atoms with Crippen LogP contribution in [-0.2, 0) is 6.54 Å². The minimum Gasteiger partial charge on any atom is -0.506 e. The first-order chi connectivity index (χ1) is 11.0. The van der Waals surface area contributed by atoms with Gasteiger partial charge in [0.15, 0.2) is 0 Å². The molecule has 0 spiro atoms. The van der Waals surface area contributed by atoms with Crippen molar-refractivity contribution in [1.82, 2.24) is 4.90 Å². The second-order valence-corrected chi connectivity index (χ2v) is 5.41. The number of nitrogens with zero attached hydrogens (tertiary/aromatic N) is 1. The van der Waals surface area contributed by atoms with E-state index in [-0.39, 0.29) is 16.7 Å². The van der Waals surface area contributed by atoms with E-state index in [1.807, 2.05) is 12.1 Å². The minimum atomic E-state index is -0.204. The number of phenolic OH excluding ortho intramolecular Hbond substituents is 1. The summed E-state index contributed by atoms with van der Waals surface area (Å²) in [4.78, 5) is 14.0. The molecule has 122 valence electrons. The van der Waals surface area contributed by atoms with Crippen LogP contribution in [0.4, 0.5) is 0 Å². The highest BCUT2D eigenvalue weighted by Gasteiger charge is 2.16. The molecule has 0 aliphatic carbocycles. The summed E-state index contributed by atoms with van der Waals surface area (Å²) in [5.41, 5.74) is 1.26. The number of carbonyl (C=O) groups excluding carboxylic acids is 1. The van der Waals surface area contributed by atoms with E-state index in [1.54, 1.807) is 32.2 Å². The van der Waals surface area contributed by atoms with Crippen molar-refractivity contribution in [1.29, 1.82) is 0 Å². The largest absolute Gasteiger partial charge is 0.506 e. The van der Waals surface area contributed by atoms with Crippen LogP contribution in [0.5, 0.6) is 17.2 Å². The van der Waals surface area contributed by atoms with E-state index in [1.165, 1.54) is 18.2 Å². The first-order valence-corrected chi connectivity index (χ1v) is 7.29. The van der Waals surface area contributed by atoms with Gasteiger partial charge in [-0.3, -0.25) is 4.79 Å². The van der Waals surface area contributed by atoms with Crippen molar-refractivity contribution >= 4 is 17.5 Å².